The van der Waals surface area contributed by atoms with E-state index in [2.05, 4.69) is 0 Å². The zero-order chi connectivity index (χ0) is 19.7. The Bertz CT molecular complexity index is 944. The van der Waals surface area contributed by atoms with Crippen molar-refractivity contribution >= 4 is 11.9 Å². The number of para-hydroxylation sites is 1. The molecule has 1 saturated heterocycles. The summed E-state index contributed by atoms with van der Waals surface area (Å²) in [4.78, 5) is 14.2. The van der Waals surface area contributed by atoms with Crippen LogP contribution in [0.3, 0.4) is 0 Å². The Kier molecular flexibility index (Phi) is 4.96. The van der Waals surface area contributed by atoms with Gasteiger partial charge >= 0.3 is 0 Å². The van der Waals surface area contributed by atoms with Crippen LogP contribution >= 0.6 is 0 Å². The minimum absolute atomic E-state index is 0.0776. The van der Waals surface area contributed by atoms with E-state index >= 15 is 0 Å². The van der Waals surface area contributed by atoms with Gasteiger partial charge in [0.05, 0.1) is 32.9 Å². The van der Waals surface area contributed by atoms with Crippen LogP contribution in [0.5, 0.6) is 23.0 Å². The molecule has 28 heavy (non-hydrogen) atoms. The highest BCUT2D eigenvalue weighted by molar-refractivity contribution is 6.15. The molecule has 0 amide bonds. The number of carbonyl (C=O) groups is 1. The van der Waals surface area contributed by atoms with E-state index in [1.807, 2.05) is 12.1 Å². The second-order valence-electron chi connectivity index (χ2n) is 7.08. The minimum atomic E-state index is -0.224. The summed E-state index contributed by atoms with van der Waals surface area (Å²) in [5.74, 6) is 1.38. The van der Waals surface area contributed by atoms with Crippen LogP contribution in [0.15, 0.2) is 36.1 Å². The Morgan fingerprint density at radius 1 is 1.14 bits per heavy atom. The Morgan fingerprint density at radius 3 is 2.64 bits per heavy atom. The Labute approximate surface area is 163 Å². The van der Waals surface area contributed by atoms with E-state index in [1.54, 1.807) is 32.4 Å². The zero-order valence-electron chi connectivity index (χ0n) is 16.0. The van der Waals surface area contributed by atoms with Crippen molar-refractivity contribution in [2.75, 3.05) is 27.3 Å². The Morgan fingerprint density at radius 2 is 1.93 bits per heavy atom. The molecular weight excluding hydrogens is 358 g/mol. The van der Waals surface area contributed by atoms with Gasteiger partial charge in [-0.2, -0.15) is 0 Å². The molecule has 4 rings (SSSR count). The topological polar surface area (TPSA) is 72.3 Å². The maximum absolute atomic E-state index is 12.9. The number of benzene rings is 2. The van der Waals surface area contributed by atoms with Crippen LogP contribution in [0.1, 0.15) is 34.3 Å². The van der Waals surface area contributed by atoms with E-state index in [4.69, 9.17) is 14.2 Å². The summed E-state index contributed by atoms with van der Waals surface area (Å²) in [6.07, 6.45) is 3.97. The van der Waals surface area contributed by atoms with Crippen LogP contribution < -0.4 is 24.2 Å². The molecule has 0 radical (unpaired) electrons. The monoisotopic (exact) mass is 381 g/mol. The maximum atomic E-state index is 12.9. The van der Waals surface area contributed by atoms with Crippen molar-refractivity contribution < 1.29 is 29.0 Å². The highest BCUT2D eigenvalue weighted by atomic mass is 16.5. The summed E-state index contributed by atoms with van der Waals surface area (Å²) in [7, 11) is 3.11. The molecule has 2 aromatic rings. The van der Waals surface area contributed by atoms with Gasteiger partial charge in [0.25, 0.3) is 0 Å². The van der Waals surface area contributed by atoms with E-state index in [-0.39, 0.29) is 17.3 Å². The fourth-order valence-electron chi connectivity index (χ4n) is 3.93. The maximum Gasteiger partial charge on any atom is 0.231 e. The van der Waals surface area contributed by atoms with Gasteiger partial charge in [-0.15, -0.1) is 0 Å². The van der Waals surface area contributed by atoms with Crippen LogP contribution in [-0.4, -0.2) is 33.1 Å². The second kappa shape index (κ2) is 7.56. The molecule has 0 bridgehead atoms. The van der Waals surface area contributed by atoms with E-state index in [0.717, 1.165) is 13.1 Å². The molecule has 6 nitrogen and oxygen atoms in total. The first kappa shape index (κ1) is 18.4. The third-order valence-electron chi connectivity index (χ3n) is 5.36. The first-order valence-corrected chi connectivity index (χ1v) is 9.44. The van der Waals surface area contributed by atoms with Crippen molar-refractivity contribution in [1.82, 2.24) is 0 Å². The Balaban J connectivity index is 1.70. The lowest BCUT2D eigenvalue weighted by Gasteiger charge is -2.19. The first-order valence-electron chi connectivity index (χ1n) is 9.44. The van der Waals surface area contributed by atoms with Crippen LogP contribution in [0.4, 0.5) is 0 Å². The zero-order valence-corrected chi connectivity index (χ0v) is 16.0. The van der Waals surface area contributed by atoms with Gasteiger partial charge in [-0.25, -0.2) is 0 Å². The molecule has 6 heteroatoms. The van der Waals surface area contributed by atoms with E-state index in [1.165, 1.54) is 23.8 Å². The molecule has 0 unspecified atom stereocenters. The van der Waals surface area contributed by atoms with Gasteiger partial charge in [0.15, 0.2) is 17.3 Å². The summed E-state index contributed by atoms with van der Waals surface area (Å²) in [5.41, 5.74) is 1.71. The average Bonchev–Trinajstić information content (AvgIpc) is 3.32. The molecule has 0 aliphatic carbocycles. The fourth-order valence-corrected chi connectivity index (χ4v) is 3.93. The third kappa shape index (κ3) is 3.20. The van der Waals surface area contributed by atoms with Gasteiger partial charge in [0.2, 0.25) is 5.78 Å². The number of Topliss-reactive ketones (excluding diaryl/α,β-unsaturated/α-hetero) is 1. The van der Waals surface area contributed by atoms with Crippen LogP contribution in [0.2, 0.25) is 0 Å². The summed E-state index contributed by atoms with van der Waals surface area (Å²) >= 11 is 0. The molecule has 146 valence electrons. The van der Waals surface area contributed by atoms with Crippen molar-refractivity contribution in [3.05, 3.63) is 52.8 Å². The first-order chi connectivity index (χ1) is 13.6. The molecule has 1 fully saturated rings. The number of likely N-dealkylation sites (tertiary alicyclic amines) is 1. The van der Waals surface area contributed by atoms with Crippen molar-refractivity contribution in [3.8, 4) is 23.0 Å². The molecular formula is C22H23NO5. The third-order valence-corrected chi connectivity index (χ3v) is 5.36. The SMILES string of the molecule is COc1cccc(/C=C2\Oc3c(ccc([O-])c3C[NH+]3CCCC3)C2=O)c1OC. The number of hydrogen-bond donors (Lipinski definition) is 1. The molecule has 2 aliphatic rings. The molecule has 2 aromatic carbocycles. The predicted molar refractivity (Wildman–Crippen MR) is 102 cm³/mol. The summed E-state index contributed by atoms with van der Waals surface area (Å²) in [6.45, 7) is 2.67. The lowest BCUT2D eigenvalue weighted by atomic mass is 10.0. The van der Waals surface area contributed by atoms with Gasteiger partial charge < -0.3 is 24.2 Å². The summed E-state index contributed by atoms with van der Waals surface area (Å²) in [5, 5.41) is 12.5. The molecule has 0 atom stereocenters. The molecule has 0 aromatic heterocycles. The summed E-state index contributed by atoms with van der Waals surface area (Å²) in [6, 6.07) is 8.46. The second-order valence-corrected chi connectivity index (χ2v) is 7.08. The van der Waals surface area contributed by atoms with Gasteiger partial charge in [0.1, 0.15) is 12.3 Å². The number of ether oxygens (including phenoxy) is 3. The van der Waals surface area contributed by atoms with Crippen molar-refractivity contribution in [2.24, 2.45) is 0 Å². The number of ketones is 1. The largest absolute Gasteiger partial charge is 0.872 e. The molecule has 0 spiro atoms. The number of quaternary nitrogens is 1. The normalized spacial score (nSPS) is 17.6. The van der Waals surface area contributed by atoms with Crippen LogP contribution in [0, 0.1) is 0 Å². The number of nitrogens with one attached hydrogen (secondary N) is 1. The Hall–Kier alpha value is -2.99. The van der Waals surface area contributed by atoms with Gasteiger partial charge in [0, 0.05) is 24.0 Å². The van der Waals surface area contributed by atoms with E-state index < -0.39 is 0 Å². The number of fused-ring (bicyclic) bond motifs is 1. The van der Waals surface area contributed by atoms with Crippen molar-refractivity contribution in [2.45, 2.75) is 19.4 Å². The molecule has 0 saturated carbocycles. The number of hydrogen-bond acceptors (Lipinski definition) is 5. The smallest absolute Gasteiger partial charge is 0.231 e. The predicted octanol–water partition coefficient (Wildman–Crippen LogP) is 1.57. The fraction of sp³-hybridized carbons (Fsp3) is 0.318. The van der Waals surface area contributed by atoms with Crippen molar-refractivity contribution in [1.29, 1.82) is 0 Å². The van der Waals surface area contributed by atoms with Gasteiger partial charge in [-0.3, -0.25) is 4.79 Å². The van der Waals surface area contributed by atoms with Gasteiger partial charge in [-0.05, 0) is 18.2 Å². The van der Waals surface area contributed by atoms with Crippen LogP contribution in [-0.2, 0) is 6.54 Å². The molecule has 2 heterocycles. The molecule has 2 aliphatic heterocycles. The lowest BCUT2D eigenvalue weighted by molar-refractivity contribution is -0.901. The number of allylic oxidation sites excluding steroid dienone is 1. The number of methoxy groups -OCH3 is 2. The van der Waals surface area contributed by atoms with Crippen molar-refractivity contribution in [3.63, 3.8) is 0 Å². The van der Waals surface area contributed by atoms with Gasteiger partial charge in [-0.1, -0.05) is 23.9 Å². The number of rotatable bonds is 5. The van der Waals surface area contributed by atoms with E-state index in [0.29, 0.717) is 40.5 Å². The molecule has 1 N–H and O–H groups in total. The highest BCUT2D eigenvalue weighted by Crippen LogP contribution is 2.40. The standard InChI is InChI=1S/C22H23NO5/c1-26-18-7-5-6-14(21(18)27-2)12-19-20(25)15-8-9-17(24)16(22(15)28-19)13-23-10-3-4-11-23/h5-9,12,24H,3-4,10-11,13H2,1-2H3/b19-12-. The minimum Gasteiger partial charge on any atom is -0.872 e. The van der Waals surface area contributed by atoms with E-state index in [9.17, 15) is 9.90 Å². The average molecular weight is 381 g/mol. The lowest BCUT2D eigenvalue weighted by Crippen LogP contribution is -3.08. The quantitative estimate of drug-likeness (QED) is 0.796. The number of carbonyl (C=O) groups excluding carboxylic acids is 1. The summed E-state index contributed by atoms with van der Waals surface area (Å²) < 4.78 is 16.7. The van der Waals surface area contributed by atoms with Crippen LogP contribution in [0.25, 0.3) is 6.08 Å². The highest BCUT2D eigenvalue weighted by Gasteiger charge is 2.31.